The van der Waals surface area contributed by atoms with E-state index in [2.05, 4.69) is 41.6 Å². The summed E-state index contributed by atoms with van der Waals surface area (Å²) < 4.78 is 1.11. The van der Waals surface area contributed by atoms with Crippen LogP contribution in [0.2, 0.25) is 0 Å². The molecule has 70 valence electrons. The third-order valence-corrected chi connectivity index (χ3v) is 2.51. The van der Waals surface area contributed by atoms with Crippen LogP contribution in [0.15, 0.2) is 29.3 Å². The second kappa shape index (κ2) is 4.58. The van der Waals surface area contributed by atoms with Crippen molar-refractivity contribution in [2.75, 3.05) is 6.54 Å². The number of nitrogens with two attached hydrogens (primary N) is 1. The van der Waals surface area contributed by atoms with E-state index in [-0.39, 0.29) is 0 Å². The number of rotatable bonds is 3. The number of hydrogen-bond donors (Lipinski definition) is 1. The Labute approximate surface area is 87.8 Å². The highest BCUT2D eigenvalue weighted by atomic mass is 79.9. The summed E-state index contributed by atoms with van der Waals surface area (Å²) in [5.41, 5.74) is 9.05. The van der Waals surface area contributed by atoms with Crippen molar-refractivity contribution >= 4 is 21.5 Å². The summed E-state index contributed by atoms with van der Waals surface area (Å²) in [4.78, 5) is 0. The van der Waals surface area contributed by atoms with Gasteiger partial charge >= 0.3 is 0 Å². The van der Waals surface area contributed by atoms with Crippen molar-refractivity contribution in [3.8, 4) is 0 Å². The molecule has 0 atom stereocenters. The quantitative estimate of drug-likeness (QED) is 0.863. The normalized spacial score (nSPS) is 10.1. The van der Waals surface area contributed by atoms with Gasteiger partial charge in [-0.2, -0.15) is 0 Å². The molecule has 1 nitrogen and oxygen atoms in total. The van der Waals surface area contributed by atoms with Crippen LogP contribution in [0.3, 0.4) is 0 Å². The van der Waals surface area contributed by atoms with Gasteiger partial charge in [0.2, 0.25) is 0 Å². The molecule has 0 heterocycles. The van der Waals surface area contributed by atoms with Crippen molar-refractivity contribution in [3.63, 3.8) is 0 Å². The highest BCUT2D eigenvalue weighted by Crippen LogP contribution is 2.22. The van der Waals surface area contributed by atoms with Gasteiger partial charge in [-0.3, -0.25) is 0 Å². The Hall–Kier alpha value is -0.600. The second-order valence-corrected chi connectivity index (χ2v) is 4.02. The highest BCUT2D eigenvalue weighted by Gasteiger charge is 2.01. The number of aryl methyl sites for hydroxylation is 1. The van der Waals surface area contributed by atoms with Crippen molar-refractivity contribution < 1.29 is 0 Å². The summed E-state index contributed by atoms with van der Waals surface area (Å²) in [5, 5.41) is 0. The van der Waals surface area contributed by atoms with Gasteiger partial charge in [-0.1, -0.05) is 28.6 Å². The van der Waals surface area contributed by atoms with Gasteiger partial charge in [0.25, 0.3) is 0 Å². The molecule has 2 N–H and O–H groups in total. The summed E-state index contributed by atoms with van der Waals surface area (Å²) in [6, 6.07) is 6.21. The molecule has 0 saturated heterocycles. The zero-order valence-corrected chi connectivity index (χ0v) is 9.39. The first-order valence-electron chi connectivity index (χ1n) is 4.29. The molecule has 1 rings (SSSR count). The molecule has 1 aromatic rings. The van der Waals surface area contributed by atoms with E-state index in [4.69, 9.17) is 5.73 Å². The SMILES string of the molecule is C=C(CCN)c1ccc(Br)cc1C. The molecular formula is C11H14BrN. The summed E-state index contributed by atoms with van der Waals surface area (Å²) >= 11 is 3.43. The Morgan fingerprint density at radius 2 is 2.23 bits per heavy atom. The van der Waals surface area contributed by atoms with Crippen molar-refractivity contribution in [2.45, 2.75) is 13.3 Å². The molecule has 0 bridgehead atoms. The number of hydrogen-bond acceptors (Lipinski definition) is 1. The highest BCUT2D eigenvalue weighted by molar-refractivity contribution is 9.10. The maximum absolute atomic E-state index is 5.48. The van der Waals surface area contributed by atoms with E-state index in [1.54, 1.807) is 0 Å². The molecule has 0 spiro atoms. The average Bonchev–Trinajstić information content (AvgIpc) is 2.04. The largest absolute Gasteiger partial charge is 0.330 e. The third kappa shape index (κ3) is 2.68. The lowest BCUT2D eigenvalue weighted by molar-refractivity contribution is 1.02. The van der Waals surface area contributed by atoms with Crippen LogP contribution in [0.25, 0.3) is 5.57 Å². The fourth-order valence-corrected chi connectivity index (χ4v) is 1.81. The molecule has 0 saturated carbocycles. The first-order valence-corrected chi connectivity index (χ1v) is 5.09. The summed E-state index contributed by atoms with van der Waals surface area (Å²) in [7, 11) is 0. The van der Waals surface area contributed by atoms with E-state index in [1.165, 1.54) is 11.1 Å². The van der Waals surface area contributed by atoms with Crippen LogP contribution in [0, 0.1) is 6.92 Å². The molecule has 0 fully saturated rings. The predicted octanol–water partition coefficient (Wildman–Crippen LogP) is 3.12. The lowest BCUT2D eigenvalue weighted by Gasteiger charge is -2.08. The van der Waals surface area contributed by atoms with Crippen molar-refractivity contribution in [1.29, 1.82) is 0 Å². The van der Waals surface area contributed by atoms with Gasteiger partial charge in [-0.15, -0.1) is 0 Å². The molecule has 0 aliphatic heterocycles. The summed E-state index contributed by atoms with van der Waals surface area (Å²) in [6.07, 6.45) is 0.864. The standard InChI is InChI=1S/C11H14BrN/c1-8(5-6-13)11-4-3-10(12)7-9(11)2/h3-4,7H,1,5-6,13H2,2H3. The molecule has 13 heavy (non-hydrogen) atoms. The van der Waals surface area contributed by atoms with E-state index in [9.17, 15) is 0 Å². The Balaban J connectivity index is 2.95. The van der Waals surface area contributed by atoms with Crippen molar-refractivity contribution in [1.82, 2.24) is 0 Å². The Morgan fingerprint density at radius 1 is 1.54 bits per heavy atom. The van der Waals surface area contributed by atoms with Gasteiger partial charge in [-0.05, 0) is 48.7 Å². The fraction of sp³-hybridized carbons (Fsp3) is 0.273. The Kier molecular flexibility index (Phi) is 3.70. The maximum atomic E-state index is 5.48. The van der Waals surface area contributed by atoms with Crippen LogP contribution in [0.5, 0.6) is 0 Å². The Morgan fingerprint density at radius 3 is 2.77 bits per heavy atom. The summed E-state index contributed by atoms with van der Waals surface area (Å²) in [6.45, 7) is 6.76. The molecule has 0 aliphatic carbocycles. The first kappa shape index (κ1) is 10.5. The maximum Gasteiger partial charge on any atom is 0.0178 e. The topological polar surface area (TPSA) is 26.0 Å². The van der Waals surface area contributed by atoms with Crippen LogP contribution in [-0.2, 0) is 0 Å². The van der Waals surface area contributed by atoms with Gasteiger partial charge in [0, 0.05) is 4.47 Å². The van der Waals surface area contributed by atoms with Gasteiger partial charge in [0.1, 0.15) is 0 Å². The lowest BCUT2D eigenvalue weighted by Crippen LogP contribution is -2.00. The lowest BCUT2D eigenvalue weighted by atomic mass is 10.00. The third-order valence-electron chi connectivity index (χ3n) is 2.02. The van der Waals surface area contributed by atoms with E-state index >= 15 is 0 Å². The summed E-state index contributed by atoms with van der Waals surface area (Å²) in [5.74, 6) is 0. The smallest absolute Gasteiger partial charge is 0.0178 e. The molecule has 0 radical (unpaired) electrons. The van der Waals surface area contributed by atoms with Gasteiger partial charge in [-0.25, -0.2) is 0 Å². The van der Waals surface area contributed by atoms with E-state index in [0.29, 0.717) is 6.54 Å². The van der Waals surface area contributed by atoms with Crippen LogP contribution in [0.4, 0.5) is 0 Å². The zero-order valence-electron chi connectivity index (χ0n) is 7.81. The minimum absolute atomic E-state index is 0.661. The van der Waals surface area contributed by atoms with Crippen molar-refractivity contribution in [2.24, 2.45) is 5.73 Å². The van der Waals surface area contributed by atoms with E-state index < -0.39 is 0 Å². The number of benzene rings is 1. The van der Waals surface area contributed by atoms with E-state index in [0.717, 1.165) is 16.5 Å². The minimum atomic E-state index is 0.661. The minimum Gasteiger partial charge on any atom is -0.330 e. The predicted molar refractivity (Wildman–Crippen MR) is 61.6 cm³/mol. The zero-order chi connectivity index (χ0) is 9.84. The Bertz CT molecular complexity index is 318. The van der Waals surface area contributed by atoms with E-state index in [1.807, 2.05) is 6.07 Å². The second-order valence-electron chi connectivity index (χ2n) is 3.10. The van der Waals surface area contributed by atoms with Crippen LogP contribution in [0.1, 0.15) is 17.5 Å². The van der Waals surface area contributed by atoms with Gasteiger partial charge in [0.15, 0.2) is 0 Å². The van der Waals surface area contributed by atoms with Gasteiger partial charge < -0.3 is 5.73 Å². The van der Waals surface area contributed by atoms with Crippen LogP contribution < -0.4 is 5.73 Å². The molecule has 1 aromatic carbocycles. The average molecular weight is 240 g/mol. The molecular weight excluding hydrogens is 226 g/mol. The van der Waals surface area contributed by atoms with Crippen LogP contribution >= 0.6 is 15.9 Å². The molecule has 0 unspecified atom stereocenters. The first-order chi connectivity index (χ1) is 6.15. The number of halogens is 1. The molecule has 0 amide bonds. The molecule has 2 heteroatoms. The fourth-order valence-electron chi connectivity index (χ4n) is 1.33. The molecule has 0 aromatic heterocycles. The van der Waals surface area contributed by atoms with Gasteiger partial charge in [0.05, 0.1) is 0 Å². The monoisotopic (exact) mass is 239 g/mol. The van der Waals surface area contributed by atoms with Crippen LogP contribution in [-0.4, -0.2) is 6.54 Å². The van der Waals surface area contributed by atoms with Crippen molar-refractivity contribution in [3.05, 3.63) is 40.4 Å². The molecule has 0 aliphatic rings.